The van der Waals surface area contributed by atoms with Gasteiger partial charge < -0.3 is 14.8 Å². The van der Waals surface area contributed by atoms with Crippen LogP contribution < -0.4 is 14.8 Å². The molecule has 0 spiro atoms. The molecule has 0 saturated heterocycles. The summed E-state index contributed by atoms with van der Waals surface area (Å²) in [6, 6.07) is 5.97. The molecular formula is C15H23NO2. The van der Waals surface area contributed by atoms with Gasteiger partial charge in [0.15, 0.2) is 11.5 Å². The van der Waals surface area contributed by atoms with Crippen LogP contribution in [0.25, 0.3) is 0 Å². The van der Waals surface area contributed by atoms with Gasteiger partial charge in [-0.3, -0.25) is 0 Å². The highest BCUT2D eigenvalue weighted by Crippen LogP contribution is 2.31. The third-order valence-corrected chi connectivity index (χ3v) is 2.63. The predicted molar refractivity (Wildman–Crippen MR) is 75.3 cm³/mol. The van der Waals surface area contributed by atoms with E-state index in [9.17, 15) is 0 Å². The van der Waals surface area contributed by atoms with Gasteiger partial charge in [-0.15, -0.1) is 6.58 Å². The summed E-state index contributed by atoms with van der Waals surface area (Å²) in [6.45, 7) is 8.11. The molecule has 0 atom stereocenters. The van der Waals surface area contributed by atoms with Crippen molar-refractivity contribution in [2.75, 3.05) is 20.3 Å². The molecule has 0 saturated carbocycles. The number of hydrogen-bond acceptors (Lipinski definition) is 3. The maximum Gasteiger partial charge on any atom is 0.165 e. The fraction of sp³-hybridized carbons (Fsp3) is 0.467. The predicted octanol–water partition coefficient (Wildman–Crippen LogP) is 3.15. The van der Waals surface area contributed by atoms with Gasteiger partial charge in [-0.05, 0) is 12.5 Å². The van der Waals surface area contributed by atoms with Gasteiger partial charge in [0.05, 0.1) is 13.7 Å². The highest BCUT2D eigenvalue weighted by atomic mass is 16.5. The van der Waals surface area contributed by atoms with Crippen molar-refractivity contribution in [3.05, 3.63) is 36.4 Å². The van der Waals surface area contributed by atoms with Gasteiger partial charge in [0.1, 0.15) is 0 Å². The fourth-order valence-corrected chi connectivity index (χ4v) is 1.65. The van der Waals surface area contributed by atoms with E-state index in [0.29, 0.717) is 0 Å². The van der Waals surface area contributed by atoms with E-state index in [1.54, 1.807) is 7.11 Å². The van der Waals surface area contributed by atoms with E-state index < -0.39 is 0 Å². The Morgan fingerprint density at radius 2 is 2.22 bits per heavy atom. The molecule has 0 aliphatic heterocycles. The summed E-state index contributed by atoms with van der Waals surface area (Å²) in [5.74, 6) is 1.65. The number of nitrogens with one attached hydrogen (secondary N) is 1. The quantitative estimate of drug-likeness (QED) is 0.538. The lowest BCUT2D eigenvalue weighted by molar-refractivity contribution is 0.284. The van der Waals surface area contributed by atoms with Crippen LogP contribution in [0.4, 0.5) is 0 Å². The normalized spacial score (nSPS) is 10.1. The van der Waals surface area contributed by atoms with E-state index in [1.165, 1.54) is 0 Å². The van der Waals surface area contributed by atoms with E-state index in [2.05, 4.69) is 24.9 Å². The smallest absolute Gasteiger partial charge is 0.165 e. The Morgan fingerprint density at radius 1 is 1.39 bits per heavy atom. The van der Waals surface area contributed by atoms with Crippen LogP contribution in [0.5, 0.6) is 11.5 Å². The minimum atomic E-state index is 0.728. The third-order valence-electron chi connectivity index (χ3n) is 2.63. The minimum absolute atomic E-state index is 0.728. The van der Waals surface area contributed by atoms with Gasteiger partial charge in [0.2, 0.25) is 0 Å². The molecule has 1 aromatic carbocycles. The molecule has 0 amide bonds. The number of rotatable bonds is 9. The molecule has 18 heavy (non-hydrogen) atoms. The zero-order valence-corrected chi connectivity index (χ0v) is 11.4. The number of unbranched alkanes of at least 4 members (excludes halogenated alkanes) is 1. The van der Waals surface area contributed by atoms with Crippen molar-refractivity contribution in [2.45, 2.75) is 26.3 Å². The minimum Gasteiger partial charge on any atom is -0.493 e. The van der Waals surface area contributed by atoms with Crippen LogP contribution in [0, 0.1) is 0 Å². The molecular weight excluding hydrogens is 226 g/mol. The lowest BCUT2D eigenvalue weighted by atomic mass is 10.2. The number of methoxy groups -OCH3 is 1. The van der Waals surface area contributed by atoms with Crippen molar-refractivity contribution in [1.82, 2.24) is 5.32 Å². The van der Waals surface area contributed by atoms with Crippen LogP contribution in [0.1, 0.15) is 25.3 Å². The molecule has 0 aliphatic carbocycles. The van der Waals surface area contributed by atoms with Gasteiger partial charge in [-0.2, -0.15) is 0 Å². The molecule has 0 unspecified atom stereocenters. The molecule has 1 aromatic rings. The van der Waals surface area contributed by atoms with Gasteiger partial charge in [0.25, 0.3) is 0 Å². The van der Waals surface area contributed by atoms with Gasteiger partial charge in [-0.1, -0.05) is 31.6 Å². The highest BCUT2D eigenvalue weighted by Gasteiger charge is 2.09. The maximum atomic E-state index is 5.84. The first kappa shape index (κ1) is 14.6. The summed E-state index contributed by atoms with van der Waals surface area (Å²) in [5.41, 5.74) is 1.12. The molecule has 3 nitrogen and oxygen atoms in total. The molecule has 0 radical (unpaired) electrons. The summed E-state index contributed by atoms with van der Waals surface area (Å²) in [6.07, 6.45) is 4.02. The van der Waals surface area contributed by atoms with E-state index >= 15 is 0 Å². The van der Waals surface area contributed by atoms with E-state index in [-0.39, 0.29) is 0 Å². The van der Waals surface area contributed by atoms with Crippen LogP contribution in [-0.2, 0) is 6.54 Å². The van der Waals surface area contributed by atoms with Crippen molar-refractivity contribution in [2.24, 2.45) is 0 Å². The van der Waals surface area contributed by atoms with Crippen molar-refractivity contribution in [1.29, 1.82) is 0 Å². The molecule has 1 rings (SSSR count). The zero-order chi connectivity index (χ0) is 13.2. The number of para-hydroxylation sites is 1. The average Bonchev–Trinajstić information content (AvgIpc) is 2.40. The van der Waals surface area contributed by atoms with E-state index in [1.807, 2.05) is 18.2 Å². The highest BCUT2D eigenvalue weighted by molar-refractivity contribution is 5.46. The van der Waals surface area contributed by atoms with Crippen LogP contribution >= 0.6 is 0 Å². The third kappa shape index (κ3) is 4.41. The second-order valence-corrected chi connectivity index (χ2v) is 4.07. The topological polar surface area (TPSA) is 30.5 Å². The Balaban J connectivity index is 2.75. The molecule has 0 bridgehead atoms. The van der Waals surface area contributed by atoms with E-state index in [4.69, 9.17) is 9.47 Å². The Morgan fingerprint density at radius 3 is 2.89 bits per heavy atom. The van der Waals surface area contributed by atoms with Crippen LogP contribution in [0.2, 0.25) is 0 Å². The largest absolute Gasteiger partial charge is 0.493 e. The summed E-state index contributed by atoms with van der Waals surface area (Å²) < 4.78 is 11.2. The summed E-state index contributed by atoms with van der Waals surface area (Å²) in [4.78, 5) is 0. The first-order valence-corrected chi connectivity index (χ1v) is 6.43. The van der Waals surface area contributed by atoms with Crippen molar-refractivity contribution in [3.63, 3.8) is 0 Å². The number of ether oxygens (including phenoxy) is 2. The fourth-order valence-electron chi connectivity index (χ4n) is 1.65. The standard InChI is InChI=1S/C15H23NO2/c1-4-6-11-18-15-13(12-16-10-5-2)8-7-9-14(15)17-3/h5,7-9,16H,2,4,6,10-12H2,1,3H3. The van der Waals surface area contributed by atoms with Gasteiger partial charge in [-0.25, -0.2) is 0 Å². The van der Waals surface area contributed by atoms with E-state index in [0.717, 1.165) is 49.6 Å². The number of hydrogen-bond donors (Lipinski definition) is 1. The Kier molecular flexibility index (Phi) is 6.96. The van der Waals surface area contributed by atoms with Crippen molar-refractivity contribution >= 4 is 0 Å². The summed E-state index contributed by atoms with van der Waals surface area (Å²) in [7, 11) is 1.67. The Hall–Kier alpha value is -1.48. The Bertz CT molecular complexity index is 364. The van der Waals surface area contributed by atoms with Crippen LogP contribution in [-0.4, -0.2) is 20.3 Å². The lowest BCUT2D eigenvalue weighted by Crippen LogP contribution is -2.14. The average molecular weight is 249 g/mol. The summed E-state index contributed by atoms with van der Waals surface area (Å²) in [5, 5.41) is 3.28. The molecule has 0 heterocycles. The number of benzene rings is 1. The molecule has 0 aliphatic rings. The molecule has 100 valence electrons. The second-order valence-electron chi connectivity index (χ2n) is 4.07. The van der Waals surface area contributed by atoms with Crippen molar-refractivity contribution in [3.8, 4) is 11.5 Å². The van der Waals surface area contributed by atoms with Crippen LogP contribution in [0.3, 0.4) is 0 Å². The SMILES string of the molecule is C=CCNCc1cccc(OC)c1OCCCC. The van der Waals surface area contributed by atoms with Gasteiger partial charge >= 0.3 is 0 Å². The Labute approximate surface area is 110 Å². The van der Waals surface area contributed by atoms with Crippen molar-refractivity contribution < 1.29 is 9.47 Å². The molecule has 1 N–H and O–H groups in total. The zero-order valence-electron chi connectivity index (χ0n) is 11.4. The maximum absolute atomic E-state index is 5.84. The molecule has 0 fully saturated rings. The molecule has 3 heteroatoms. The monoisotopic (exact) mass is 249 g/mol. The second kappa shape index (κ2) is 8.59. The lowest BCUT2D eigenvalue weighted by Gasteiger charge is -2.15. The van der Waals surface area contributed by atoms with Crippen LogP contribution in [0.15, 0.2) is 30.9 Å². The first-order valence-electron chi connectivity index (χ1n) is 6.43. The molecule has 0 aromatic heterocycles. The summed E-state index contributed by atoms with van der Waals surface area (Å²) >= 11 is 0. The van der Waals surface area contributed by atoms with Gasteiger partial charge in [0, 0.05) is 18.7 Å². The first-order chi connectivity index (χ1) is 8.83.